The third kappa shape index (κ3) is 4.62. The fraction of sp³-hybridized carbons (Fsp3) is 0.556. The quantitative estimate of drug-likeness (QED) is 0.444. The highest BCUT2D eigenvalue weighted by Crippen LogP contribution is 2.18. The van der Waals surface area contributed by atoms with Gasteiger partial charge in [0, 0.05) is 32.7 Å². The van der Waals surface area contributed by atoms with Crippen molar-refractivity contribution in [2.45, 2.75) is 32.7 Å². The van der Waals surface area contributed by atoms with E-state index in [1.165, 1.54) is 24.0 Å². The number of likely N-dealkylation sites (tertiary alicyclic amines) is 1. The van der Waals surface area contributed by atoms with E-state index in [0.29, 0.717) is 6.54 Å². The Balaban J connectivity index is 0.00000208. The molecule has 0 unspecified atom stereocenters. The lowest BCUT2D eigenvalue weighted by atomic mass is 10.00. The molecular formula is C18H27IN4O. The standard InChI is InChI=1S/C18H26N4O.HI/c1-2-19-18(21-10-5-6-11-21)20-13-17(23)22-12-9-15-7-3-4-8-16(15)14-22;/h3-4,7-8H,2,5-6,9-14H2,1H3,(H,19,20);1H. The lowest BCUT2D eigenvalue weighted by Crippen LogP contribution is -2.41. The third-order valence-electron chi connectivity index (χ3n) is 4.59. The molecular weight excluding hydrogens is 415 g/mol. The molecule has 1 amide bonds. The van der Waals surface area contributed by atoms with Crippen molar-refractivity contribution in [2.75, 3.05) is 32.7 Å². The van der Waals surface area contributed by atoms with Gasteiger partial charge in [-0.2, -0.15) is 0 Å². The molecule has 0 saturated carbocycles. The number of benzene rings is 1. The van der Waals surface area contributed by atoms with E-state index < -0.39 is 0 Å². The van der Waals surface area contributed by atoms with Crippen LogP contribution in [0, 0.1) is 0 Å². The van der Waals surface area contributed by atoms with Crippen molar-refractivity contribution < 1.29 is 4.79 Å². The van der Waals surface area contributed by atoms with Crippen LogP contribution in [0.5, 0.6) is 0 Å². The number of carbonyl (C=O) groups is 1. The average molecular weight is 442 g/mol. The zero-order chi connectivity index (χ0) is 16.1. The Morgan fingerprint density at radius 2 is 1.83 bits per heavy atom. The Bertz CT molecular complexity index is 584. The number of carbonyl (C=O) groups excluding carboxylic acids is 1. The van der Waals surface area contributed by atoms with Crippen LogP contribution in [0.25, 0.3) is 0 Å². The van der Waals surface area contributed by atoms with E-state index in [1.54, 1.807) is 0 Å². The highest BCUT2D eigenvalue weighted by atomic mass is 127. The second kappa shape index (κ2) is 9.25. The van der Waals surface area contributed by atoms with Gasteiger partial charge >= 0.3 is 0 Å². The summed E-state index contributed by atoms with van der Waals surface area (Å²) in [6.07, 6.45) is 3.36. The van der Waals surface area contributed by atoms with Crippen LogP contribution in [0.3, 0.4) is 0 Å². The van der Waals surface area contributed by atoms with Gasteiger partial charge in [-0.05, 0) is 37.3 Å². The highest BCUT2D eigenvalue weighted by Gasteiger charge is 2.21. The molecule has 1 aromatic rings. The summed E-state index contributed by atoms with van der Waals surface area (Å²) in [5.74, 6) is 1.00. The van der Waals surface area contributed by atoms with E-state index >= 15 is 0 Å². The minimum absolute atomic E-state index is 0. The molecule has 0 atom stereocenters. The van der Waals surface area contributed by atoms with Crippen molar-refractivity contribution in [1.29, 1.82) is 0 Å². The molecule has 1 N–H and O–H groups in total. The van der Waals surface area contributed by atoms with Gasteiger partial charge < -0.3 is 15.1 Å². The fourth-order valence-corrected chi connectivity index (χ4v) is 3.31. The minimum atomic E-state index is 0. The molecule has 132 valence electrons. The molecule has 2 aliphatic rings. The molecule has 0 bridgehead atoms. The first-order valence-corrected chi connectivity index (χ1v) is 8.65. The second-order valence-corrected chi connectivity index (χ2v) is 6.20. The molecule has 5 nitrogen and oxygen atoms in total. The summed E-state index contributed by atoms with van der Waals surface area (Å²) in [6, 6.07) is 8.39. The van der Waals surface area contributed by atoms with Gasteiger partial charge in [-0.25, -0.2) is 4.99 Å². The number of nitrogens with one attached hydrogen (secondary N) is 1. The maximum absolute atomic E-state index is 12.5. The predicted octanol–water partition coefficient (Wildman–Crippen LogP) is 2.25. The average Bonchev–Trinajstić information content (AvgIpc) is 3.12. The number of halogens is 1. The Kier molecular flexibility index (Phi) is 7.33. The van der Waals surface area contributed by atoms with E-state index in [-0.39, 0.29) is 36.4 Å². The number of rotatable bonds is 3. The topological polar surface area (TPSA) is 47.9 Å². The van der Waals surface area contributed by atoms with Crippen molar-refractivity contribution in [1.82, 2.24) is 15.1 Å². The van der Waals surface area contributed by atoms with E-state index in [1.807, 2.05) is 11.0 Å². The fourth-order valence-electron chi connectivity index (χ4n) is 3.31. The second-order valence-electron chi connectivity index (χ2n) is 6.20. The summed E-state index contributed by atoms with van der Waals surface area (Å²) in [5, 5.41) is 3.30. The lowest BCUT2D eigenvalue weighted by molar-refractivity contribution is -0.130. The number of hydrogen-bond donors (Lipinski definition) is 1. The van der Waals surface area contributed by atoms with Gasteiger partial charge in [0.15, 0.2) is 5.96 Å². The first-order chi connectivity index (χ1) is 11.3. The third-order valence-corrected chi connectivity index (χ3v) is 4.59. The van der Waals surface area contributed by atoms with Crippen molar-refractivity contribution in [3.05, 3.63) is 35.4 Å². The molecule has 2 aliphatic heterocycles. The smallest absolute Gasteiger partial charge is 0.244 e. The van der Waals surface area contributed by atoms with Crippen LogP contribution >= 0.6 is 24.0 Å². The van der Waals surface area contributed by atoms with Crippen LogP contribution in [0.1, 0.15) is 30.9 Å². The molecule has 1 fully saturated rings. The van der Waals surface area contributed by atoms with E-state index in [4.69, 9.17) is 0 Å². The minimum Gasteiger partial charge on any atom is -0.357 e. The first kappa shape index (κ1) is 19.0. The molecule has 24 heavy (non-hydrogen) atoms. The molecule has 2 heterocycles. The van der Waals surface area contributed by atoms with Crippen LogP contribution in [0.15, 0.2) is 29.3 Å². The highest BCUT2D eigenvalue weighted by molar-refractivity contribution is 14.0. The van der Waals surface area contributed by atoms with Gasteiger partial charge in [0.2, 0.25) is 5.91 Å². The maximum Gasteiger partial charge on any atom is 0.244 e. The molecule has 1 saturated heterocycles. The summed E-state index contributed by atoms with van der Waals surface area (Å²) >= 11 is 0. The number of hydrogen-bond acceptors (Lipinski definition) is 2. The van der Waals surface area contributed by atoms with Crippen molar-refractivity contribution in [3.8, 4) is 0 Å². The Morgan fingerprint density at radius 1 is 1.12 bits per heavy atom. The molecule has 0 radical (unpaired) electrons. The Morgan fingerprint density at radius 3 is 2.54 bits per heavy atom. The van der Waals surface area contributed by atoms with Crippen LogP contribution in [-0.4, -0.2) is 54.4 Å². The largest absolute Gasteiger partial charge is 0.357 e. The lowest BCUT2D eigenvalue weighted by Gasteiger charge is -2.28. The SMILES string of the molecule is CCNC(=NCC(=O)N1CCc2ccccc2C1)N1CCCC1.I. The normalized spacial score (nSPS) is 17.3. The first-order valence-electron chi connectivity index (χ1n) is 8.65. The maximum atomic E-state index is 12.5. The molecule has 1 aromatic carbocycles. The molecule has 0 aromatic heterocycles. The van der Waals surface area contributed by atoms with Crippen molar-refractivity contribution in [3.63, 3.8) is 0 Å². The number of nitrogens with zero attached hydrogens (tertiary/aromatic N) is 3. The number of aliphatic imine (C=N–C) groups is 1. The van der Waals surface area contributed by atoms with Crippen LogP contribution < -0.4 is 5.32 Å². The summed E-state index contributed by atoms with van der Waals surface area (Å²) in [6.45, 7) is 6.72. The molecule has 3 rings (SSSR count). The summed E-state index contributed by atoms with van der Waals surface area (Å²) in [7, 11) is 0. The van der Waals surface area contributed by atoms with E-state index in [0.717, 1.165) is 38.6 Å². The zero-order valence-corrected chi connectivity index (χ0v) is 16.7. The Hall–Kier alpha value is -1.31. The summed E-state index contributed by atoms with van der Waals surface area (Å²) < 4.78 is 0. The number of fused-ring (bicyclic) bond motifs is 1. The van der Waals surface area contributed by atoms with Crippen LogP contribution in [-0.2, 0) is 17.8 Å². The summed E-state index contributed by atoms with van der Waals surface area (Å²) in [4.78, 5) is 21.3. The molecule has 0 spiro atoms. The monoisotopic (exact) mass is 442 g/mol. The molecule has 0 aliphatic carbocycles. The van der Waals surface area contributed by atoms with Gasteiger partial charge in [0.1, 0.15) is 6.54 Å². The van der Waals surface area contributed by atoms with Gasteiger partial charge in [-0.1, -0.05) is 24.3 Å². The Labute approximate surface area is 161 Å². The van der Waals surface area contributed by atoms with Gasteiger partial charge in [0.05, 0.1) is 0 Å². The van der Waals surface area contributed by atoms with E-state index in [9.17, 15) is 4.79 Å². The van der Waals surface area contributed by atoms with E-state index in [2.05, 4.69) is 40.3 Å². The van der Waals surface area contributed by atoms with Crippen molar-refractivity contribution >= 4 is 35.8 Å². The van der Waals surface area contributed by atoms with Crippen LogP contribution in [0.2, 0.25) is 0 Å². The van der Waals surface area contributed by atoms with Gasteiger partial charge in [-0.15, -0.1) is 24.0 Å². The predicted molar refractivity (Wildman–Crippen MR) is 108 cm³/mol. The summed E-state index contributed by atoms with van der Waals surface area (Å²) in [5.41, 5.74) is 2.63. The molecule has 6 heteroatoms. The van der Waals surface area contributed by atoms with Gasteiger partial charge in [-0.3, -0.25) is 4.79 Å². The number of amides is 1. The van der Waals surface area contributed by atoms with Crippen molar-refractivity contribution in [2.24, 2.45) is 4.99 Å². The van der Waals surface area contributed by atoms with Crippen LogP contribution in [0.4, 0.5) is 0 Å². The number of guanidine groups is 1. The zero-order valence-electron chi connectivity index (χ0n) is 14.3. The van der Waals surface area contributed by atoms with Gasteiger partial charge in [0.25, 0.3) is 0 Å².